The van der Waals surface area contributed by atoms with Crippen LogP contribution in [0.15, 0.2) is 121 Å². The van der Waals surface area contributed by atoms with E-state index in [0.717, 1.165) is 33.6 Å². The van der Waals surface area contributed by atoms with Gasteiger partial charge >= 0.3 is 0 Å². The highest BCUT2D eigenvalue weighted by molar-refractivity contribution is 6.44. The van der Waals surface area contributed by atoms with Gasteiger partial charge in [0.15, 0.2) is 0 Å². The minimum Gasteiger partial charge on any atom is -0.457 e. The molecule has 9 aromatic carbocycles. The highest BCUT2D eigenvalue weighted by Crippen LogP contribution is 2.58. The zero-order valence-electron chi connectivity index (χ0n) is 38.6. The van der Waals surface area contributed by atoms with Crippen LogP contribution in [0, 0.1) is 40.0 Å². The normalized spacial score (nSPS) is 13.3. The largest absolute Gasteiger partial charge is 0.457 e. The number of ether oxygens (including phenoxy) is 4. The molecule has 2 aliphatic heterocycles. The van der Waals surface area contributed by atoms with Gasteiger partial charge in [0.25, 0.3) is 23.6 Å². The third kappa shape index (κ3) is 7.05. The molecule has 0 unspecified atom stereocenters. The van der Waals surface area contributed by atoms with E-state index in [1.54, 1.807) is 24.3 Å². The van der Waals surface area contributed by atoms with Crippen molar-refractivity contribution >= 4 is 66.7 Å². The van der Waals surface area contributed by atoms with Crippen LogP contribution in [0.3, 0.4) is 0 Å². The molecular formula is C59H44N2O8. The molecule has 0 saturated carbocycles. The molecule has 10 nitrogen and oxygen atoms in total. The molecule has 2 heterocycles. The Hall–Kier alpha value is -8.68. The van der Waals surface area contributed by atoms with Crippen molar-refractivity contribution in [1.29, 1.82) is 0 Å². The van der Waals surface area contributed by atoms with E-state index in [2.05, 4.69) is 5.92 Å². The molecule has 0 spiro atoms. The number of hydrogen-bond donors (Lipinski definition) is 0. The van der Waals surface area contributed by atoms with E-state index in [0.29, 0.717) is 72.5 Å². The van der Waals surface area contributed by atoms with Gasteiger partial charge in [-0.3, -0.25) is 29.0 Å². The zero-order chi connectivity index (χ0) is 47.8. The van der Waals surface area contributed by atoms with Crippen LogP contribution in [-0.2, 0) is 0 Å². The van der Waals surface area contributed by atoms with Crippen molar-refractivity contribution < 1.29 is 38.1 Å². The topological polar surface area (TPSA) is 112 Å². The molecule has 10 heteroatoms. The maximum Gasteiger partial charge on any atom is 0.262 e. The first-order valence-corrected chi connectivity index (χ1v) is 22.9. The van der Waals surface area contributed by atoms with Crippen molar-refractivity contribution in [1.82, 2.24) is 9.80 Å². The lowest BCUT2D eigenvalue weighted by atomic mass is 9.80. The monoisotopic (exact) mass is 908 g/mol. The summed E-state index contributed by atoms with van der Waals surface area (Å²) in [6.07, 6.45) is 7.16. The molecule has 11 rings (SSSR count). The van der Waals surface area contributed by atoms with Gasteiger partial charge in [-0.25, -0.2) is 0 Å². The second-order valence-electron chi connectivity index (χ2n) is 17.9. The number of aryl methyl sites for hydroxylation is 4. The number of imide groups is 2. The van der Waals surface area contributed by atoms with Gasteiger partial charge in [-0.15, -0.1) is 6.42 Å². The summed E-state index contributed by atoms with van der Waals surface area (Å²) in [5.74, 6) is 3.26. The zero-order valence-corrected chi connectivity index (χ0v) is 38.6. The first-order valence-electron chi connectivity index (χ1n) is 22.9. The second-order valence-corrected chi connectivity index (χ2v) is 17.9. The molecule has 4 amide bonds. The number of benzene rings is 9. The number of carbonyl (C=O) groups is 4. The molecule has 9 aromatic rings. The maximum atomic E-state index is 15.0. The fourth-order valence-electron chi connectivity index (χ4n) is 9.62. The maximum absolute atomic E-state index is 15.0. The lowest BCUT2D eigenvalue weighted by Crippen LogP contribution is -2.41. The van der Waals surface area contributed by atoms with Gasteiger partial charge in [0, 0.05) is 49.6 Å². The van der Waals surface area contributed by atoms with Crippen molar-refractivity contribution in [3.63, 3.8) is 0 Å². The van der Waals surface area contributed by atoms with E-state index in [9.17, 15) is 19.2 Å². The fraction of sp³-hybridized carbons (Fsp3) is 0.153. The van der Waals surface area contributed by atoms with E-state index in [-0.39, 0.29) is 58.3 Å². The lowest BCUT2D eigenvalue weighted by Gasteiger charge is -2.32. The van der Waals surface area contributed by atoms with Crippen LogP contribution >= 0.6 is 0 Å². The third-order valence-corrected chi connectivity index (χ3v) is 13.0. The summed E-state index contributed by atoms with van der Waals surface area (Å²) in [5.41, 5.74) is 4.91. The van der Waals surface area contributed by atoms with E-state index < -0.39 is 23.6 Å². The quantitative estimate of drug-likeness (QED) is 0.0516. The molecule has 69 heavy (non-hydrogen) atoms. The van der Waals surface area contributed by atoms with Gasteiger partial charge in [0.2, 0.25) is 0 Å². The SMILES string of the molecule is C#CCN1C(=O)c2cc(Oc3ccc(C)cc3)c3c4c(Oc5ccc(C)cc5)cc5c6c(cc(Oc7ccc(C)cc7)c(c7c(Oc8ccc(C)cc8)cc(c2c37)C1=O)c64)C(=O)N(CCCC)C5=O. The van der Waals surface area contributed by atoms with E-state index >= 15 is 0 Å². The van der Waals surface area contributed by atoms with Crippen molar-refractivity contribution in [3.8, 4) is 58.3 Å². The number of unbranched alkanes of at least 4 members (excludes halogenated alkanes) is 1. The van der Waals surface area contributed by atoms with Crippen molar-refractivity contribution in [2.24, 2.45) is 0 Å². The van der Waals surface area contributed by atoms with Crippen molar-refractivity contribution in [2.75, 3.05) is 13.1 Å². The molecule has 0 aromatic heterocycles. The van der Waals surface area contributed by atoms with Crippen molar-refractivity contribution in [2.45, 2.75) is 47.5 Å². The number of hydrogen-bond acceptors (Lipinski definition) is 8. The summed E-state index contributed by atoms with van der Waals surface area (Å²) in [6.45, 7) is 9.84. The average Bonchev–Trinajstić information content (AvgIpc) is 3.34. The lowest BCUT2D eigenvalue weighted by molar-refractivity contribution is 0.0600. The molecule has 0 fully saturated rings. The predicted octanol–water partition coefficient (Wildman–Crippen LogP) is 13.8. The smallest absolute Gasteiger partial charge is 0.262 e. The standard InChI is InChI=1S/C59H44N2O8/c1-7-9-27-61-58(64)42-30-46(68-38-22-14-34(5)15-23-38)52-50-44(66-36-18-10-32(3)11-19-36)28-40-48-41(57(63)60(26-8-2)56(40)62)29-45(67-37-20-12-33(4)13-21-37)51(54(48)50)53-47(69-39-24-16-35(6)17-25-39)31-43(59(61)65)49(42)55(52)53/h2,10-25,28-31H,7,9,26-27H2,1,3-6H3. The Kier molecular flexibility index (Phi) is 10.3. The summed E-state index contributed by atoms with van der Waals surface area (Å²) in [4.78, 5) is 61.9. The molecule has 0 bridgehead atoms. The Labute approximate surface area is 397 Å². The molecule has 0 atom stereocenters. The summed E-state index contributed by atoms with van der Waals surface area (Å²) < 4.78 is 27.8. The summed E-state index contributed by atoms with van der Waals surface area (Å²) in [5, 5.41) is 3.43. The second kappa shape index (κ2) is 16.6. The summed E-state index contributed by atoms with van der Waals surface area (Å²) >= 11 is 0. The highest BCUT2D eigenvalue weighted by Gasteiger charge is 2.41. The van der Waals surface area contributed by atoms with Crippen LogP contribution < -0.4 is 18.9 Å². The number of rotatable bonds is 12. The van der Waals surface area contributed by atoms with Gasteiger partial charge in [-0.1, -0.05) is 90.0 Å². The molecule has 0 saturated heterocycles. The van der Waals surface area contributed by atoms with Crippen LogP contribution in [0.2, 0.25) is 0 Å². The van der Waals surface area contributed by atoms with Gasteiger partial charge in [-0.05, 0) is 107 Å². The first-order chi connectivity index (χ1) is 33.4. The van der Waals surface area contributed by atoms with Gasteiger partial charge in [-0.2, -0.15) is 0 Å². The Morgan fingerprint density at radius 1 is 0.406 bits per heavy atom. The molecular weight excluding hydrogens is 865 g/mol. The Morgan fingerprint density at radius 3 is 0.942 bits per heavy atom. The van der Waals surface area contributed by atoms with Gasteiger partial charge < -0.3 is 18.9 Å². The first kappa shape index (κ1) is 42.9. The van der Waals surface area contributed by atoms with Crippen LogP contribution in [0.1, 0.15) is 83.5 Å². The van der Waals surface area contributed by atoms with Crippen LogP contribution in [0.25, 0.3) is 43.1 Å². The molecule has 0 aliphatic carbocycles. The summed E-state index contributed by atoms with van der Waals surface area (Å²) in [7, 11) is 0. The molecule has 338 valence electrons. The highest BCUT2D eigenvalue weighted by atomic mass is 16.5. The number of nitrogens with zero attached hydrogens (tertiary/aromatic N) is 2. The van der Waals surface area contributed by atoms with E-state index in [1.165, 1.54) is 4.90 Å². The van der Waals surface area contributed by atoms with Crippen LogP contribution in [-0.4, -0.2) is 46.5 Å². The summed E-state index contributed by atoms with van der Waals surface area (Å²) in [6, 6.07) is 36.8. The Morgan fingerprint density at radius 2 is 0.681 bits per heavy atom. The van der Waals surface area contributed by atoms with Crippen LogP contribution in [0.5, 0.6) is 46.0 Å². The van der Waals surface area contributed by atoms with E-state index in [1.807, 2.05) is 132 Å². The average molecular weight is 909 g/mol. The third-order valence-electron chi connectivity index (χ3n) is 13.0. The van der Waals surface area contributed by atoms with Crippen LogP contribution in [0.4, 0.5) is 0 Å². The predicted molar refractivity (Wildman–Crippen MR) is 267 cm³/mol. The molecule has 2 aliphatic rings. The minimum atomic E-state index is -0.601. The fourth-order valence-corrected chi connectivity index (χ4v) is 9.62. The molecule has 0 N–H and O–H groups in total. The van der Waals surface area contributed by atoms with Gasteiger partial charge in [0.1, 0.15) is 46.0 Å². The molecule has 0 radical (unpaired) electrons. The Balaban J connectivity index is 1.40. The minimum absolute atomic E-state index is 0.178. The van der Waals surface area contributed by atoms with Crippen molar-refractivity contribution in [3.05, 3.63) is 166 Å². The number of amides is 4. The Bertz CT molecular complexity index is 3460. The van der Waals surface area contributed by atoms with E-state index in [4.69, 9.17) is 25.4 Å². The van der Waals surface area contributed by atoms with Gasteiger partial charge in [0.05, 0.1) is 28.8 Å². The number of carbonyl (C=O) groups excluding carboxylic acids is 4. The number of fused-ring (bicyclic) bond motifs is 2. The number of terminal acetylenes is 1.